The van der Waals surface area contributed by atoms with Gasteiger partial charge < -0.3 is 32.5 Å². The number of hydrogen-bond acceptors (Lipinski definition) is 7. The summed E-state index contributed by atoms with van der Waals surface area (Å²) in [6.07, 6.45) is 23.5. The summed E-state index contributed by atoms with van der Waals surface area (Å²) in [4.78, 5) is 0. The molecular formula is C30H68N2O5Si2. The van der Waals surface area contributed by atoms with E-state index in [1.54, 1.807) is 28.4 Å². The lowest BCUT2D eigenvalue weighted by Crippen LogP contribution is -2.57. The topological polar surface area (TPSA) is 70.2 Å². The monoisotopic (exact) mass is 592 g/mol. The largest absolute Gasteiger partial charge is 0.493 e. The number of rotatable bonds is 32. The molecule has 0 aromatic rings. The average Bonchev–Trinajstić information content (AvgIpc) is 2.97. The SMILES string of the molecule is CCCCCCCCCCNCCC[Si](OC)(OC)O[Si](CCCNCCCCCCCCCC)(OC)OC. The van der Waals surface area contributed by atoms with Crippen molar-refractivity contribution in [2.24, 2.45) is 0 Å². The van der Waals surface area contributed by atoms with Gasteiger partial charge in [-0.3, -0.25) is 0 Å². The fraction of sp³-hybridized carbons (Fsp3) is 1.00. The van der Waals surface area contributed by atoms with Crippen LogP contribution in [0.3, 0.4) is 0 Å². The van der Waals surface area contributed by atoms with Gasteiger partial charge in [0.05, 0.1) is 0 Å². The van der Waals surface area contributed by atoms with Crippen LogP contribution < -0.4 is 10.6 Å². The Morgan fingerprint density at radius 3 is 0.974 bits per heavy atom. The highest BCUT2D eigenvalue weighted by atomic mass is 28.5. The first kappa shape index (κ1) is 39.2. The zero-order valence-electron chi connectivity index (χ0n) is 27.0. The third-order valence-corrected chi connectivity index (χ3v) is 14.6. The van der Waals surface area contributed by atoms with Crippen LogP contribution in [0.25, 0.3) is 0 Å². The van der Waals surface area contributed by atoms with Crippen LogP contribution in [0.4, 0.5) is 0 Å². The standard InChI is InChI=1S/C30H68N2O5Si2/c1-7-9-11-13-15-17-19-21-25-31-27-23-29-38(33-3,34-4)37-39(35-5,36-6)30-24-28-32-26-22-20-18-16-14-12-10-8-2/h31-32H,7-30H2,1-6H3. The van der Waals surface area contributed by atoms with Crippen molar-refractivity contribution >= 4 is 17.6 Å². The van der Waals surface area contributed by atoms with Gasteiger partial charge >= 0.3 is 17.6 Å². The molecule has 0 aliphatic heterocycles. The maximum atomic E-state index is 6.56. The van der Waals surface area contributed by atoms with E-state index in [0.29, 0.717) is 0 Å². The summed E-state index contributed by atoms with van der Waals surface area (Å²) in [5.41, 5.74) is 0. The Morgan fingerprint density at radius 2 is 0.667 bits per heavy atom. The van der Waals surface area contributed by atoms with E-state index in [1.807, 2.05) is 0 Å². The highest BCUT2D eigenvalue weighted by Gasteiger charge is 2.51. The summed E-state index contributed by atoms with van der Waals surface area (Å²) < 4.78 is 30.1. The zero-order valence-corrected chi connectivity index (χ0v) is 29.0. The molecule has 236 valence electrons. The molecule has 39 heavy (non-hydrogen) atoms. The van der Waals surface area contributed by atoms with Crippen molar-refractivity contribution in [3.63, 3.8) is 0 Å². The van der Waals surface area contributed by atoms with Gasteiger partial charge in [-0.05, 0) is 51.9 Å². The molecule has 0 unspecified atom stereocenters. The van der Waals surface area contributed by atoms with E-state index in [4.69, 9.17) is 21.8 Å². The molecular weight excluding hydrogens is 525 g/mol. The minimum absolute atomic E-state index is 0.753. The fourth-order valence-electron chi connectivity index (χ4n) is 4.96. The minimum Gasteiger partial charge on any atom is -0.377 e. The molecule has 0 bridgehead atoms. The molecule has 2 N–H and O–H groups in total. The third kappa shape index (κ3) is 21.5. The first-order chi connectivity index (χ1) is 19.1. The van der Waals surface area contributed by atoms with Crippen LogP contribution in [-0.2, 0) is 21.8 Å². The lowest BCUT2D eigenvalue weighted by molar-refractivity contribution is 0.0859. The second-order valence-electron chi connectivity index (χ2n) is 10.9. The van der Waals surface area contributed by atoms with Gasteiger partial charge in [-0.25, -0.2) is 0 Å². The summed E-state index contributed by atoms with van der Waals surface area (Å²) in [6, 6.07) is 1.51. The van der Waals surface area contributed by atoms with Crippen LogP contribution in [0.15, 0.2) is 0 Å². The summed E-state index contributed by atoms with van der Waals surface area (Å²) in [6.45, 7) is 8.58. The zero-order chi connectivity index (χ0) is 28.9. The van der Waals surface area contributed by atoms with Crippen LogP contribution in [0.1, 0.15) is 129 Å². The molecule has 0 heterocycles. The van der Waals surface area contributed by atoms with Gasteiger partial charge in [-0.2, -0.15) is 0 Å². The van der Waals surface area contributed by atoms with E-state index in [2.05, 4.69) is 24.5 Å². The van der Waals surface area contributed by atoms with E-state index < -0.39 is 17.6 Å². The number of unbranched alkanes of at least 4 members (excludes halogenated alkanes) is 14. The molecule has 0 saturated carbocycles. The summed E-state index contributed by atoms with van der Waals surface area (Å²) >= 11 is 0. The Kier molecular flexibility index (Phi) is 28.4. The second-order valence-corrected chi connectivity index (χ2v) is 17.1. The van der Waals surface area contributed by atoms with Gasteiger partial charge in [0.15, 0.2) is 0 Å². The van der Waals surface area contributed by atoms with Gasteiger partial charge in [0.25, 0.3) is 0 Å². The minimum atomic E-state index is -2.87. The molecule has 0 aliphatic rings. The predicted molar refractivity (Wildman–Crippen MR) is 170 cm³/mol. The molecule has 0 rings (SSSR count). The lowest BCUT2D eigenvalue weighted by atomic mass is 10.1. The van der Waals surface area contributed by atoms with E-state index >= 15 is 0 Å². The van der Waals surface area contributed by atoms with E-state index in [1.165, 1.54) is 103 Å². The quantitative estimate of drug-likeness (QED) is 0.0612. The van der Waals surface area contributed by atoms with E-state index in [0.717, 1.165) is 51.1 Å². The maximum absolute atomic E-state index is 6.56. The molecule has 0 aliphatic carbocycles. The molecule has 0 radical (unpaired) electrons. The van der Waals surface area contributed by atoms with E-state index in [-0.39, 0.29) is 0 Å². The third-order valence-electron chi connectivity index (χ3n) is 7.64. The van der Waals surface area contributed by atoms with Crippen molar-refractivity contribution in [1.29, 1.82) is 0 Å². The van der Waals surface area contributed by atoms with Gasteiger partial charge in [-0.15, -0.1) is 0 Å². The van der Waals surface area contributed by atoms with Gasteiger partial charge in [0.2, 0.25) is 0 Å². The predicted octanol–water partition coefficient (Wildman–Crippen LogP) is 7.71. The van der Waals surface area contributed by atoms with Crippen molar-refractivity contribution < 1.29 is 21.8 Å². The summed E-state index contributed by atoms with van der Waals surface area (Å²) in [5, 5.41) is 7.16. The molecule has 0 amide bonds. The highest BCUT2D eigenvalue weighted by Crippen LogP contribution is 2.26. The number of hydrogen-bond donors (Lipinski definition) is 2. The molecule has 9 heteroatoms. The lowest BCUT2D eigenvalue weighted by Gasteiger charge is -2.35. The van der Waals surface area contributed by atoms with E-state index in [9.17, 15) is 0 Å². The fourth-order valence-corrected chi connectivity index (χ4v) is 11.4. The highest BCUT2D eigenvalue weighted by molar-refractivity contribution is 6.74. The molecule has 0 aromatic carbocycles. The van der Waals surface area contributed by atoms with Gasteiger partial charge in [0.1, 0.15) is 0 Å². The summed E-state index contributed by atoms with van der Waals surface area (Å²) in [5.74, 6) is 0. The smallest absolute Gasteiger partial charge is 0.377 e. The Bertz CT molecular complexity index is 456. The molecule has 7 nitrogen and oxygen atoms in total. The Morgan fingerprint density at radius 1 is 0.385 bits per heavy atom. The van der Waals surface area contributed by atoms with Crippen LogP contribution in [0.2, 0.25) is 12.1 Å². The number of nitrogens with one attached hydrogen (secondary N) is 2. The normalized spacial score (nSPS) is 12.5. The van der Waals surface area contributed by atoms with Crippen LogP contribution in [0.5, 0.6) is 0 Å². The second kappa shape index (κ2) is 28.3. The van der Waals surface area contributed by atoms with Gasteiger partial charge in [0, 0.05) is 40.5 Å². The molecule has 0 atom stereocenters. The van der Waals surface area contributed by atoms with Gasteiger partial charge in [-0.1, -0.05) is 104 Å². The molecule has 0 fully saturated rings. The Hall–Kier alpha value is 0.154. The van der Waals surface area contributed by atoms with Crippen molar-refractivity contribution in [3.05, 3.63) is 0 Å². The van der Waals surface area contributed by atoms with Crippen molar-refractivity contribution in [2.45, 2.75) is 142 Å². The first-order valence-electron chi connectivity index (χ1n) is 16.4. The van der Waals surface area contributed by atoms with Crippen molar-refractivity contribution in [1.82, 2.24) is 10.6 Å². The Balaban J connectivity index is 4.17. The maximum Gasteiger partial charge on any atom is 0.493 e. The van der Waals surface area contributed by atoms with Crippen molar-refractivity contribution in [3.8, 4) is 0 Å². The first-order valence-corrected chi connectivity index (χ1v) is 20.3. The summed E-state index contributed by atoms with van der Waals surface area (Å²) in [7, 11) is 1.04. The van der Waals surface area contributed by atoms with Crippen molar-refractivity contribution in [2.75, 3.05) is 54.6 Å². The Labute approximate surface area is 245 Å². The molecule has 0 spiro atoms. The molecule has 0 aromatic heterocycles. The molecule has 0 saturated heterocycles. The van der Waals surface area contributed by atoms with Crippen LogP contribution in [0, 0.1) is 0 Å². The van der Waals surface area contributed by atoms with Crippen LogP contribution >= 0.6 is 0 Å². The van der Waals surface area contributed by atoms with Crippen LogP contribution in [-0.4, -0.2) is 72.2 Å². The average molecular weight is 593 g/mol.